The SMILES string of the molecule is C.CCCCCNC(=O)c1ccc(/C(C)=N/OCCCCNC(=O)CCCC)cc1.CCCCCNC(=O)c1ccc(/C(C)=N/OCCCCNC(C)=O)cc1. The maximum absolute atomic E-state index is 12.1. The van der Waals surface area contributed by atoms with Crippen LogP contribution in [0.1, 0.15) is 164 Å². The molecule has 0 bridgehead atoms. The van der Waals surface area contributed by atoms with Gasteiger partial charge in [0.25, 0.3) is 11.8 Å². The fraction of sp³-hybridized carbons (Fsp3) is 0.591. The first-order valence-corrected chi connectivity index (χ1v) is 20.2. The summed E-state index contributed by atoms with van der Waals surface area (Å²) in [6.07, 6.45) is 12.5. The summed E-state index contributed by atoms with van der Waals surface area (Å²) in [6.45, 7) is 15.4. The topological polar surface area (TPSA) is 160 Å². The van der Waals surface area contributed by atoms with Crippen molar-refractivity contribution in [3.05, 3.63) is 70.8 Å². The van der Waals surface area contributed by atoms with Crippen molar-refractivity contribution in [2.75, 3.05) is 39.4 Å². The van der Waals surface area contributed by atoms with Crippen LogP contribution in [0.15, 0.2) is 58.8 Å². The maximum Gasteiger partial charge on any atom is 0.251 e. The molecule has 2 aromatic carbocycles. The number of carbonyl (C=O) groups excluding carboxylic acids is 4. The number of amides is 4. The summed E-state index contributed by atoms with van der Waals surface area (Å²) in [6, 6.07) is 14.7. The predicted molar refractivity (Wildman–Crippen MR) is 229 cm³/mol. The van der Waals surface area contributed by atoms with Crippen molar-refractivity contribution in [1.29, 1.82) is 0 Å². The molecule has 0 aliphatic carbocycles. The van der Waals surface area contributed by atoms with Crippen molar-refractivity contribution >= 4 is 35.1 Å². The number of nitrogens with one attached hydrogen (secondary N) is 4. The summed E-state index contributed by atoms with van der Waals surface area (Å²) in [4.78, 5) is 57.0. The third kappa shape index (κ3) is 25.4. The highest BCUT2D eigenvalue weighted by Crippen LogP contribution is 2.09. The van der Waals surface area contributed by atoms with Crippen LogP contribution in [0.25, 0.3) is 0 Å². The Morgan fingerprint density at radius 2 is 0.839 bits per heavy atom. The van der Waals surface area contributed by atoms with Crippen molar-refractivity contribution in [1.82, 2.24) is 21.3 Å². The number of hydrogen-bond donors (Lipinski definition) is 4. The first-order chi connectivity index (χ1) is 26.6. The van der Waals surface area contributed by atoms with Crippen LogP contribution in [-0.2, 0) is 19.3 Å². The van der Waals surface area contributed by atoms with E-state index >= 15 is 0 Å². The van der Waals surface area contributed by atoms with Crippen LogP contribution in [0, 0.1) is 0 Å². The Kier molecular flexibility index (Phi) is 30.7. The quantitative estimate of drug-likeness (QED) is 0.0405. The van der Waals surface area contributed by atoms with Gasteiger partial charge >= 0.3 is 0 Å². The lowest BCUT2D eigenvalue weighted by Crippen LogP contribution is -2.24. The molecule has 0 unspecified atom stereocenters. The van der Waals surface area contributed by atoms with Crippen molar-refractivity contribution in [3.63, 3.8) is 0 Å². The van der Waals surface area contributed by atoms with Crippen LogP contribution < -0.4 is 21.3 Å². The average Bonchev–Trinajstić information content (AvgIpc) is 3.19. The van der Waals surface area contributed by atoms with E-state index in [-0.39, 0.29) is 31.1 Å². The number of oxime groups is 2. The second-order valence-corrected chi connectivity index (χ2v) is 13.5. The molecule has 0 radical (unpaired) electrons. The van der Waals surface area contributed by atoms with Gasteiger partial charge in [0.2, 0.25) is 11.8 Å². The summed E-state index contributed by atoms with van der Waals surface area (Å²) >= 11 is 0. The molecule has 0 atom stereocenters. The molecule has 0 saturated carbocycles. The molecular weight excluding hydrogens is 709 g/mol. The molecule has 0 aliphatic heterocycles. The fourth-order valence-electron chi connectivity index (χ4n) is 4.98. The Labute approximate surface area is 337 Å². The minimum absolute atomic E-state index is 0. The largest absolute Gasteiger partial charge is 0.396 e. The van der Waals surface area contributed by atoms with Crippen LogP contribution in [-0.4, -0.2) is 74.4 Å². The number of rotatable bonds is 27. The fourth-order valence-corrected chi connectivity index (χ4v) is 4.98. The minimum Gasteiger partial charge on any atom is -0.396 e. The molecule has 12 nitrogen and oxygen atoms in total. The van der Waals surface area contributed by atoms with Crippen molar-refractivity contribution < 1.29 is 28.9 Å². The van der Waals surface area contributed by atoms with Gasteiger partial charge < -0.3 is 30.9 Å². The number of hydrogen-bond acceptors (Lipinski definition) is 8. The van der Waals surface area contributed by atoms with E-state index in [1.165, 1.54) is 6.92 Å². The lowest BCUT2D eigenvalue weighted by atomic mass is 10.1. The molecule has 0 heterocycles. The van der Waals surface area contributed by atoms with Crippen LogP contribution in [0.5, 0.6) is 0 Å². The molecular formula is C44H72N6O6. The lowest BCUT2D eigenvalue weighted by molar-refractivity contribution is -0.121. The molecule has 2 rings (SSSR count). The summed E-state index contributed by atoms with van der Waals surface area (Å²) in [5.41, 5.74) is 4.69. The molecule has 0 saturated heterocycles. The zero-order chi connectivity index (χ0) is 40.5. The molecule has 4 amide bonds. The normalized spacial score (nSPS) is 11.0. The van der Waals surface area contributed by atoms with E-state index in [1.807, 2.05) is 50.2 Å². The Morgan fingerprint density at radius 3 is 1.23 bits per heavy atom. The number of carbonyl (C=O) groups is 4. The van der Waals surface area contributed by atoms with Gasteiger partial charge in [-0.3, -0.25) is 19.2 Å². The number of unbranched alkanes of at least 4 members (excludes halogenated alkanes) is 7. The molecule has 4 N–H and O–H groups in total. The lowest BCUT2D eigenvalue weighted by Gasteiger charge is -2.07. The molecule has 0 aromatic heterocycles. The third-order valence-electron chi connectivity index (χ3n) is 8.44. The van der Waals surface area contributed by atoms with Crippen molar-refractivity contribution in [2.24, 2.45) is 10.3 Å². The van der Waals surface area contributed by atoms with Crippen LogP contribution in [0.2, 0.25) is 0 Å². The van der Waals surface area contributed by atoms with Gasteiger partial charge in [0.1, 0.15) is 13.2 Å². The van der Waals surface area contributed by atoms with Gasteiger partial charge in [-0.2, -0.15) is 0 Å². The minimum atomic E-state index is -0.0438. The molecule has 0 fully saturated rings. The molecule has 56 heavy (non-hydrogen) atoms. The zero-order valence-electron chi connectivity index (χ0n) is 34.4. The van der Waals surface area contributed by atoms with Crippen LogP contribution in [0.3, 0.4) is 0 Å². The molecule has 0 spiro atoms. The van der Waals surface area contributed by atoms with Gasteiger partial charge in [-0.15, -0.1) is 0 Å². The molecule has 314 valence electrons. The van der Waals surface area contributed by atoms with E-state index in [1.54, 1.807) is 12.1 Å². The van der Waals surface area contributed by atoms with Crippen LogP contribution in [0.4, 0.5) is 0 Å². The Balaban J connectivity index is 0.00000107. The smallest absolute Gasteiger partial charge is 0.251 e. The van der Waals surface area contributed by atoms with Gasteiger partial charge in [-0.1, -0.05) is 94.9 Å². The maximum atomic E-state index is 12.1. The van der Waals surface area contributed by atoms with Gasteiger partial charge in [-0.25, -0.2) is 0 Å². The van der Waals surface area contributed by atoms with E-state index in [4.69, 9.17) is 9.68 Å². The Morgan fingerprint density at radius 1 is 0.482 bits per heavy atom. The zero-order valence-corrected chi connectivity index (χ0v) is 34.4. The second-order valence-electron chi connectivity index (χ2n) is 13.5. The van der Waals surface area contributed by atoms with Gasteiger partial charge in [0, 0.05) is 50.7 Å². The first kappa shape index (κ1) is 51.3. The van der Waals surface area contributed by atoms with Gasteiger partial charge in [0.15, 0.2) is 0 Å². The Hall–Kier alpha value is -4.74. The van der Waals surface area contributed by atoms with E-state index in [2.05, 4.69) is 52.3 Å². The van der Waals surface area contributed by atoms with Crippen LogP contribution >= 0.6 is 0 Å². The Bertz CT molecular complexity index is 1430. The third-order valence-corrected chi connectivity index (χ3v) is 8.44. The van der Waals surface area contributed by atoms with E-state index in [9.17, 15) is 19.2 Å². The monoisotopic (exact) mass is 781 g/mol. The summed E-state index contributed by atoms with van der Waals surface area (Å²) in [5, 5.41) is 19.8. The van der Waals surface area contributed by atoms with E-state index in [0.717, 1.165) is 99.6 Å². The van der Waals surface area contributed by atoms with Crippen molar-refractivity contribution in [2.45, 2.75) is 132 Å². The predicted octanol–water partition coefficient (Wildman–Crippen LogP) is 8.33. The highest BCUT2D eigenvalue weighted by molar-refractivity contribution is 6.01. The summed E-state index contributed by atoms with van der Waals surface area (Å²) in [5.74, 6) is 0.0236. The number of nitrogens with zero attached hydrogens (tertiary/aromatic N) is 2. The summed E-state index contributed by atoms with van der Waals surface area (Å²) in [7, 11) is 0. The number of benzene rings is 2. The highest BCUT2D eigenvalue weighted by Gasteiger charge is 2.07. The van der Waals surface area contributed by atoms with E-state index in [0.29, 0.717) is 56.9 Å². The summed E-state index contributed by atoms with van der Waals surface area (Å²) < 4.78 is 0. The second kappa shape index (κ2) is 33.6. The van der Waals surface area contributed by atoms with Crippen molar-refractivity contribution in [3.8, 4) is 0 Å². The molecule has 12 heteroatoms. The average molecular weight is 781 g/mol. The van der Waals surface area contributed by atoms with Gasteiger partial charge in [0.05, 0.1) is 11.4 Å². The molecule has 0 aliphatic rings. The van der Waals surface area contributed by atoms with E-state index < -0.39 is 0 Å². The highest BCUT2D eigenvalue weighted by atomic mass is 16.6. The first-order valence-electron chi connectivity index (χ1n) is 20.2. The van der Waals surface area contributed by atoms with Gasteiger partial charge in [-0.05, 0) is 94.2 Å². The molecule has 2 aromatic rings. The standard InChI is InChI=1S/C23H37N3O3.C20H31N3O3.CH4/c1-4-6-8-17-25-23(28)21-14-12-20(13-15-21)19(3)26-29-18-10-9-16-24-22(27)11-7-5-2;1-4-5-6-14-22-20(25)19-11-9-18(10-12-19)16(2)23-26-15-8-7-13-21-17(3)24;/h12-15H,4-11,16-18H2,1-3H3,(H,24,27)(H,25,28);9-12H,4-8,13-15H2,1-3H3,(H,21,24)(H,22,25);1H4/b26-19+;23-16+;.